The number of fused-ring (bicyclic) bond motifs is 4. The van der Waals surface area contributed by atoms with E-state index in [-0.39, 0.29) is 11.5 Å². The zero-order valence-corrected chi connectivity index (χ0v) is 19.0. The summed E-state index contributed by atoms with van der Waals surface area (Å²) in [5, 5.41) is 2.51. The lowest BCUT2D eigenvalue weighted by molar-refractivity contribution is 0.0696. The standard InChI is InChI=1S/C27H25N5O2/c1-19-17-30(18-28-19)24-11-12-25-26(33)29(15-16-32(25)27(24)34)13-6-14-31-22-9-4-2-7-20(22)21-8-3-5-10-23(21)31/h2-5,7-12,17-18H,6,13-16H2,1H3. The fourth-order valence-corrected chi connectivity index (χ4v) is 5.09. The van der Waals surface area contributed by atoms with Gasteiger partial charge in [-0.3, -0.25) is 9.59 Å². The van der Waals surface area contributed by atoms with Crippen molar-refractivity contribution in [3.05, 3.63) is 94.9 Å². The van der Waals surface area contributed by atoms with E-state index in [0.29, 0.717) is 31.0 Å². The van der Waals surface area contributed by atoms with Crippen molar-refractivity contribution in [2.45, 2.75) is 26.4 Å². The van der Waals surface area contributed by atoms with Crippen LogP contribution >= 0.6 is 0 Å². The molecule has 34 heavy (non-hydrogen) atoms. The molecule has 0 spiro atoms. The molecule has 170 valence electrons. The molecule has 0 atom stereocenters. The van der Waals surface area contributed by atoms with Gasteiger partial charge in [0.2, 0.25) is 0 Å². The van der Waals surface area contributed by atoms with E-state index < -0.39 is 0 Å². The van der Waals surface area contributed by atoms with Gasteiger partial charge < -0.3 is 18.6 Å². The Kier molecular flexibility index (Phi) is 4.83. The summed E-state index contributed by atoms with van der Waals surface area (Å²) in [6.07, 6.45) is 4.28. The van der Waals surface area contributed by atoms with Crippen molar-refractivity contribution in [3.8, 4) is 5.69 Å². The molecule has 0 aliphatic carbocycles. The maximum atomic E-state index is 13.2. The molecule has 0 N–H and O–H groups in total. The molecule has 0 saturated heterocycles. The molecule has 0 fully saturated rings. The molecule has 0 unspecified atom stereocenters. The van der Waals surface area contributed by atoms with Gasteiger partial charge in [0.05, 0.1) is 12.0 Å². The highest BCUT2D eigenvalue weighted by atomic mass is 16.2. The van der Waals surface area contributed by atoms with E-state index in [9.17, 15) is 9.59 Å². The Morgan fingerprint density at radius 2 is 1.56 bits per heavy atom. The lowest BCUT2D eigenvalue weighted by atomic mass is 10.2. The largest absolute Gasteiger partial charge is 0.340 e. The number of hydrogen-bond acceptors (Lipinski definition) is 3. The number of amides is 1. The lowest BCUT2D eigenvalue weighted by Crippen LogP contribution is -2.45. The number of imidazole rings is 1. The van der Waals surface area contributed by atoms with Gasteiger partial charge in [0, 0.05) is 54.2 Å². The van der Waals surface area contributed by atoms with E-state index in [2.05, 4.69) is 58.1 Å². The molecule has 1 aliphatic rings. The van der Waals surface area contributed by atoms with Crippen LogP contribution in [0.15, 0.2) is 78.0 Å². The predicted octanol–water partition coefficient (Wildman–Crippen LogP) is 4.00. The molecule has 3 aromatic heterocycles. The number of aryl methyl sites for hydroxylation is 2. The molecule has 1 aliphatic heterocycles. The molecule has 0 bridgehead atoms. The molecule has 2 aromatic carbocycles. The number of pyridine rings is 1. The predicted molar refractivity (Wildman–Crippen MR) is 133 cm³/mol. The third-order valence-corrected chi connectivity index (χ3v) is 6.73. The van der Waals surface area contributed by atoms with Crippen molar-refractivity contribution in [1.29, 1.82) is 0 Å². The maximum Gasteiger partial charge on any atom is 0.275 e. The second-order valence-corrected chi connectivity index (χ2v) is 8.81. The highest BCUT2D eigenvalue weighted by Gasteiger charge is 2.26. The molecule has 0 saturated carbocycles. The van der Waals surface area contributed by atoms with Crippen LogP contribution < -0.4 is 5.56 Å². The smallest absolute Gasteiger partial charge is 0.275 e. The summed E-state index contributed by atoms with van der Waals surface area (Å²) < 4.78 is 5.65. The van der Waals surface area contributed by atoms with Crippen LogP contribution in [0.1, 0.15) is 22.6 Å². The van der Waals surface area contributed by atoms with E-state index in [1.165, 1.54) is 21.8 Å². The maximum absolute atomic E-state index is 13.2. The zero-order chi connectivity index (χ0) is 23.2. The Hall–Kier alpha value is -4.13. The first-order valence-corrected chi connectivity index (χ1v) is 11.6. The summed E-state index contributed by atoms with van der Waals surface area (Å²) in [4.78, 5) is 32.3. The van der Waals surface area contributed by atoms with Crippen LogP contribution in [0.2, 0.25) is 0 Å². The quantitative estimate of drug-likeness (QED) is 0.406. The van der Waals surface area contributed by atoms with Crippen molar-refractivity contribution >= 4 is 27.7 Å². The minimum absolute atomic E-state index is 0.0843. The third kappa shape index (κ3) is 3.23. The number of carbonyl (C=O) groups is 1. The van der Waals surface area contributed by atoms with Crippen LogP contribution in [0.4, 0.5) is 0 Å². The van der Waals surface area contributed by atoms with Crippen molar-refractivity contribution in [2.24, 2.45) is 0 Å². The summed E-state index contributed by atoms with van der Waals surface area (Å²) in [6, 6.07) is 20.4. The first-order chi connectivity index (χ1) is 16.6. The highest BCUT2D eigenvalue weighted by Crippen LogP contribution is 2.29. The Bertz CT molecular complexity index is 1550. The molecular weight excluding hydrogens is 426 g/mol. The average molecular weight is 452 g/mol. The van der Waals surface area contributed by atoms with E-state index in [1.807, 2.05) is 18.0 Å². The molecule has 1 amide bonds. The SMILES string of the molecule is Cc1cn(-c2ccc3n(c2=O)CCN(CCCn2c4ccccc4c4ccccc42)C3=O)cn1. The molecule has 7 heteroatoms. The van der Waals surface area contributed by atoms with Gasteiger partial charge in [-0.2, -0.15) is 0 Å². The number of carbonyl (C=O) groups excluding carboxylic acids is 1. The second kappa shape index (κ2) is 8.02. The Morgan fingerprint density at radius 3 is 2.24 bits per heavy atom. The second-order valence-electron chi connectivity index (χ2n) is 8.81. The topological polar surface area (TPSA) is 65.1 Å². The Balaban J connectivity index is 1.22. The first-order valence-electron chi connectivity index (χ1n) is 11.6. The van der Waals surface area contributed by atoms with Crippen molar-refractivity contribution in [2.75, 3.05) is 13.1 Å². The zero-order valence-electron chi connectivity index (χ0n) is 19.0. The summed E-state index contributed by atoms with van der Waals surface area (Å²) in [7, 11) is 0. The van der Waals surface area contributed by atoms with E-state index in [0.717, 1.165) is 18.7 Å². The van der Waals surface area contributed by atoms with Gasteiger partial charge >= 0.3 is 0 Å². The van der Waals surface area contributed by atoms with E-state index in [4.69, 9.17) is 0 Å². The Morgan fingerprint density at radius 1 is 0.853 bits per heavy atom. The van der Waals surface area contributed by atoms with Gasteiger partial charge in [-0.15, -0.1) is 0 Å². The van der Waals surface area contributed by atoms with Crippen molar-refractivity contribution in [3.63, 3.8) is 0 Å². The van der Waals surface area contributed by atoms with Gasteiger partial charge in [-0.25, -0.2) is 4.98 Å². The van der Waals surface area contributed by atoms with Gasteiger partial charge in [0.25, 0.3) is 11.5 Å². The first kappa shape index (κ1) is 20.5. The van der Waals surface area contributed by atoms with E-state index >= 15 is 0 Å². The number of nitrogens with zero attached hydrogens (tertiary/aromatic N) is 5. The van der Waals surface area contributed by atoms with Crippen LogP contribution in [0.3, 0.4) is 0 Å². The average Bonchev–Trinajstić information content (AvgIpc) is 3.43. The number of benzene rings is 2. The molecule has 7 nitrogen and oxygen atoms in total. The van der Waals surface area contributed by atoms with Crippen LogP contribution in [-0.4, -0.2) is 42.6 Å². The third-order valence-electron chi connectivity index (χ3n) is 6.73. The van der Waals surface area contributed by atoms with Crippen LogP contribution in [0.5, 0.6) is 0 Å². The van der Waals surface area contributed by atoms with Crippen molar-refractivity contribution in [1.82, 2.24) is 23.6 Å². The lowest BCUT2D eigenvalue weighted by Gasteiger charge is -2.30. The minimum Gasteiger partial charge on any atom is -0.340 e. The highest BCUT2D eigenvalue weighted by molar-refractivity contribution is 6.07. The number of rotatable bonds is 5. The van der Waals surface area contributed by atoms with Gasteiger partial charge in [0.1, 0.15) is 11.4 Å². The fraction of sp³-hybridized carbons (Fsp3) is 0.222. The summed E-state index contributed by atoms with van der Waals surface area (Å²) >= 11 is 0. The molecule has 4 heterocycles. The minimum atomic E-state index is -0.159. The van der Waals surface area contributed by atoms with Crippen LogP contribution in [0.25, 0.3) is 27.5 Å². The number of para-hydroxylation sites is 2. The summed E-state index contributed by atoms with van der Waals surface area (Å²) in [5.74, 6) is -0.0843. The monoisotopic (exact) mass is 451 g/mol. The molecule has 5 aromatic rings. The Labute approximate surface area is 196 Å². The van der Waals surface area contributed by atoms with Crippen LogP contribution in [0, 0.1) is 6.92 Å². The summed E-state index contributed by atoms with van der Waals surface area (Å²) in [6.45, 7) is 4.38. The number of hydrogen-bond donors (Lipinski definition) is 0. The van der Waals surface area contributed by atoms with Gasteiger partial charge in [0.15, 0.2) is 0 Å². The normalized spacial score (nSPS) is 13.7. The molecular formula is C27H25N5O2. The van der Waals surface area contributed by atoms with Gasteiger partial charge in [-0.05, 0) is 37.6 Å². The van der Waals surface area contributed by atoms with Crippen LogP contribution in [-0.2, 0) is 13.1 Å². The molecule has 0 radical (unpaired) electrons. The van der Waals surface area contributed by atoms with Crippen molar-refractivity contribution < 1.29 is 4.79 Å². The van der Waals surface area contributed by atoms with E-state index in [1.54, 1.807) is 27.6 Å². The van der Waals surface area contributed by atoms with Gasteiger partial charge in [-0.1, -0.05) is 36.4 Å². The molecule has 6 rings (SSSR count). The summed E-state index contributed by atoms with van der Waals surface area (Å²) in [5.41, 5.74) is 4.08. The number of aromatic nitrogens is 4. The fourth-order valence-electron chi connectivity index (χ4n) is 5.09.